The second kappa shape index (κ2) is 6.18. The molecular formula is C14H22N2O2. The van der Waals surface area contributed by atoms with E-state index in [1.54, 1.807) is 7.11 Å². The molecule has 1 aliphatic heterocycles. The lowest BCUT2D eigenvalue weighted by atomic mass is 10.0. The van der Waals surface area contributed by atoms with Crippen molar-refractivity contribution in [1.82, 2.24) is 4.90 Å². The minimum absolute atomic E-state index is 0.210. The largest absolute Gasteiger partial charge is 0.497 e. The molecule has 2 N–H and O–H groups in total. The molecule has 1 heterocycles. The molecule has 4 nitrogen and oxygen atoms in total. The van der Waals surface area contributed by atoms with E-state index in [1.807, 2.05) is 12.1 Å². The standard InChI is InChI=1S/C14H22N2O2/c1-16(14-10-18-8-7-13(14)15)9-11-3-5-12(17-2)6-4-11/h3-6,13-14H,7-10,15H2,1-2H3. The molecule has 1 aliphatic rings. The summed E-state index contributed by atoms with van der Waals surface area (Å²) in [6, 6.07) is 8.67. The average Bonchev–Trinajstić information content (AvgIpc) is 2.40. The molecule has 2 atom stereocenters. The Labute approximate surface area is 109 Å². The van der Waals surface area contributed by atoms with Crippen molar-refractivity contribution in [2.45, 2.75) is 25.0 Å². The van der Waals surface area contributed by atoms with Gasteiger partial charge in [-0.25, -0.2) is 0 Å². The number of hydrogen-bond donors (Lipinski definition) is 1. The number of methoxy groups -OCH3 is 1. The molecule has 2 unspecified atom stereocenters. The summed E-state index contributed by atoms with van der Waals surface area (Å²) < 4.78 is 10.7. The van der Waals surface area contributed by atoms with Crippen molar-refractivity contribution >= 4 is 0 Å². The molecule has 1 fully saturated rings. The van der Waals surface area contributed by atoms with Crippen LogP contribution >= 0.6 is 0 Å². The Hall–Kier alpha value is -1.10. The summed E-state index contributed by atoms with van der Waals surface area (Å²) >= 11 is 0. The highest BCUT2D eigenvalue weighted by Gasteiger charge is 2.25. The van der Waals surface area contributed by atoms with Gasteiger partial charge >= 0.3 is 0 Å². The zero-order valence-electron chi connectivity index (χ0n) is 11.1. The molecule has 1 aromatic rings. The molecule has 18 heavy (non-hydrogen) atoms. The number of ether oxygens (including phenoxy) is 2. The lowest BCUT2D eigenvalue weighted by molar-refractivity contribution is 0.0127. The van der Waals surface area contributed by atoms with E-state index >= 15 is 0 Å². The molecule has 4 heteroatoms. The fraction of sp³-hybridized carbons (Fsp3) is 0.571. The SMILES string of the molecule is COc1ccc(CN(C)C2COCCC2N)cc1. The van der Waals surface area contributed by atoms with Crippen LogP contribution in [-0.2, 0) is 11.3 Å². The summed E-state index contributed by atoms with van der Waals surface area (Å²) in [5.74, 6) is 0.888. The van der Waals surface area contributed by atoms with E-state index in [-0.39, 0.29) is 6.04 Å². The second-order valence-electron chi connectivity index (χ2n) is 4.86. The Kier molecular flexibility index (Phi) is 4.58. The van der Waals surface area contributed by atoms with Crippen LogP contribution in [0.5, 0.6) is 5.75 Å². The van der Waals surface area contributed by atoms with Crippen LogP contribution in [-0.4, -0.2) is 44.4 Å². The van der Waals surface area contributed by atoms with Gasteiger partial charge in [0.2, 0.25) is 0 Å². The topological polar surface area (TPSA) is 47.7 Å². The molecule has 1 aromatic carbocycles. The van der Waals surface area contributed by atoms with Crippen molar-refractivity contribution in [3.63, 3.8) is 0 Å². The van der Waals surface area contributed by atoms with Crippen LogP contribution in [0.25, 0.3) is 0 Å². The Morgan fingerprint density at radius 1 is 1.39 bits per heavy atom. The number of hydrogen-bond acceptors (Lipinski definition) is 4. The minimum Gasteiger partial charge on any atom is -0.497 e. The molecular weight excluding hydrogens is 228 g/mol. The molecule has 2 rings (SSSR count). The highest BCUT2D eigenvalue weighted by atomic mass is 16.5. The second-order valence-corrected chi connectivity index (χ2v) is 4.86. The Morgan fingerprint density at radius 3 is 2.72 bits per heavy atom. The first-order valence-corrected chi connectivity index (χ1v) is 6.37. The first kappa shape index (κ1) is 13.3. The van der Waals surface area contributed by atoms with E-state index in [2.05, 4.69) is 24.1 Å². The Bertz CT molecular complexity index is 367. The summed E-state index contributed by atoms with van der Waals surface area (Å²) in [6.07, 6.45) is 0.942. The summed E-state index contributed by atoms with van der Waals surface area (Å²) in [7, 11) is 3.78. The molecule has 0 saturated carbocycles. The van der Waals surface area contributed by atoms with Crippen LogP contribution in [0.4, 0.5) is 0 Å². The van der Waals surface area contributed by atoms with Gasteiger partial charge in [-0.2, -0.15) is 0 Å². The van der Waals surface area contributed by atoms with Gasteiger partial charge in [0.05, 0.1) is 13.7 Å². The fourth-order valence-corrected chi connectivity index (χ4v) is 2.33. The van der Waals surface area contributed by atoms with Crippen LogP contribution in [0.2, 0.25) is 0 Å². The number of rotatable bonds is 4. The summed E-state index contributed by atoms with van der Waals surface area (Å²) in [5, 5.41) is 0. The van der Waals surface area contributed by atoms with Crippen molar-refractivity contribution in [3.8, 4) is 5.75 Å². The average molecular weight is 250 g/mol. The molecule has 0 spiro atoms. The molecule has 0 amide bonds. The van der Waals surface area contributed by atoms with E-state index < -0.39 is 0 Å². The Morgan fingerprint density at radius 2 is 2.11 bits per heavy atom. The lowest BCUT2D eigenvalue weighted by Crippen LogP contribution is -2.51. The smallest absolute Gasteiger partial charge is 0.118 e. The third-order valence-electron chi connectivity index (χ3n) is 3.54. The molecule has 0 radical (unpaired) electrons. The van der Waals surface area contributed by atoms with Gasteiger partial charge in [0.15, 0.2) is 0 Å². The summed E-state index contributed by atoms with van der Waals surface area (Å²) in [5.41, 5.74) is 7.40. The van der Waals surface area contributed by atoms with E-state index in [0.717, 1.165) is 31.9 Å². The van der Waals surface area contributed by atoms with Crippen molar-refractivity contribution < 1.29 is 9.47 Å². The van der Waals surface area contributed by atoms with Gasteiger partial charge in [-0.1, -0.05) is 12.1 Å². The quantitative estimate of drug-likeness (QED) is 0.873. The lowest BCUT2D eigenvalue weighted by Gasteiger charge is -2.35. The third kappa shape index (κ3) is 3.22. The van der Waals surface area contributed by atoms with Crippen LogP contribution < -0.4 is 10.5 Å². The van der Waals surface area contributed by atoms with Crippen molar-refractivity contribution in [2.24, 2.45) is 5.73 Å². The highest BCUT2D eigenvalue weighted by Crippen LogP contribution is 2.16. The summed E-state index contributed by atoms with van der Waals surface area (Å²) in [4.78, 5) is 2.27. The zero-order valence-corrected chi connectivity index (χ0v) is 11.1. The van der Waals surface area contributed by atoms with Gasteiger partial charge in [-0.15, -0.1) is 0 Å². The van der Waals surface area contributed by atoms with Gasteiger partial charge < -0.3 is 15.2 Å². The maximum absolute atomic E-state index is 6.14. The highest BCUT2D eigenvalue weighted by molar-refractivity contribution is 5.27. The number of nitrogens with two attached hydrogens (primary N) is 1. The first-order chi connectivity index (χ1) is 8.70. The zero-order chi connectivity index (χ0) is 13.0. The van der Waals surface area contributed by atoms with E-state index in [9.17, 15) is 0 Å². The van der Waals surface area contributed by atoms with Gasteiger partial charge in [-0.05, 0) is 31.2 Å². The van der Waals surface area contributed by atoms with E-state index in [4.69, 9.17) is 15.2 Å². The van der Waals surface area contributed by atoms with Gasteiger partial charge in [-0.3, -0.25) is 4.90 Å². The predicted octanol–water partition coefficient (Wildman–Crippen LogP) is 1.24. The minimum atomic E-state index is 0.210. The van der Waals surface area contributed by atoms with Crippen LogP contribution in [0, 0.1) is 0 Å². The van der Waals surface area contributed by atoms with Crippen molar-refractivity contribution in [1.29, 1.82) is 0 Å². The monoisotopic (exact) mass is 250 g/mol. The predicted molar refractivity (Wildman–Crippen MR) is 71.7 cm³/mol. The molecule has 100 valence electrons. The van der Waals surface area contributed by atoms with E-state index in [1.165, 1.54) is 5.56 Å². The molecule has 1 saturated heterocycles. The maximum atomic E-state index is 6.14. The third-order valence-corrected chi connectivity index (χ3v) is 3.54. The first-order valence-electron chi connectivity index (χ1n) is 6.37. The Balaban J connectivity index is 1.94. The number of benzene rings is 1. The normalized spacial score (nSPS) is 24.2. The van der Waals surface area contributed by atoms with Crippen molar-refractivity contribution in [3.05, 3.63) is 29.8 Å². The van der Waals surface area contributed by atoms with Crippen LogP contribution in [0.1, 0.15) is 12.0 Å². The van der Waals surface area contributed by atoms with Crippen LogP contribution in [0.15, 0.2) is 24.3 Å². The summed E-state index contributed by atoms with van der Waals surface area (Å²) in [6.45, 7) is 2.40. The fourth-order valence-electron chi connectivity index (χ4n) is 2.33. The van der Waals surface area contributed by atoms with Gasteiger partial charge in [0, 0.05) is 25.2 Å². The number of nitrogens with zero attached hydrogens (tertiary/aromatic N) is 1. The van der Waals surface area contributed by atoms with E-state index in [0.29, 0.717) is 6.04 Å². The van der Waals surface area contributed by atoms with Gasteiger partial charge in [0.25, 0.3) is 0 Å². The maximum Gasteiger partial charge on any atom is 0.118 e. The number of likely N-dealkylation sites (N-methyl/N-ethyl adjacent to an activating group) is 1. The molecule has 0 aliphatic carbocycles. The van der Waals surface area contributed by atoms with Crippen molar-refractivity contribution in [2.75, 3.05) is 27.4 Å². The van der Waals surface area contributed by atoms with Crippen LogP contribution in [0.3, 0.4) is 0 Å². The van der Waals surface area contributed by atoms with Gasteiger partial charge in [0.1, 0.15) is 5.75 Å². The molecule has 0 bridgehead atoms. The molecule has 0 aromatic heterocycles.